The molecule has 0 radical (unpaired) electrons. The third-order valence-electron chi connectivity index (χ3n) is 3.18. The minimum absolute atomic E-state index is 0.126. The van der Waals surface area contributed by atoms with Gasteiger partial charge in [-0.1, -0.05) is 0 Å². The van der Waals surface area contributed by atoms with E-state index in [2.05, 4.69) is 10.1 Å². The van der Waals surface area contributed by atoms with Crippen molar-refractivity contribution >= 4 is 11.8 Å². The molecule has 0 aromatic heterocycles. The standard InChI is InChI=1S/C12H20F3N3O3/c1-8(21-7-12(13,14)15)11(20)17-9-2-4-18(5-3-9)6-10(16)19/h8-9H,2-7H2,1H3,(H2,16,19)(H,17,20)/t8-/m0/s1. The number of primary amides is 1. The van der Waals surface area contributed by atoms with E-state index in [1.807, 2.05) is 4.90 Å². The Morgan fingerprint density at radius 1 is 1.38 bits per heavy atom. The van der Waals surface area contributed by atoms with Crippen LogP contribution in [0, 0.1) is 0 Å². The number of nitrogens with one attached hydrogen (secondary N) is 1. The zero-order valence-corrected chi connectivity index (χ0v) is 11.8. The SMILES string of the molecule is C[C@H](OCC(F)(F)F)C(=O)NC1CCN(CC(N)=O)CC1. The molecule has 1 aliphatic heterocycles. The van der Waals surface area contributed by atoms with Gasteiger partial charge in [0.1, 0.15) is 12.7 Å². The van der Waals surface area contributed by atoms with Crippen molar-refractivity contribution in [3.05, 3.63) is 0 Å². The Labute approximate surface area is 120 Å². The van der Waals surface area contributed by atoms with Crippen molar-refractivity contribution in [2.45, 2.75) is 38.1 Å². The maximum absolute atomic E-state index is 12.0. The van der Waals surface area contributed by atoms with Gasteiger partial charge in [-0.3, -0.25) is 14.5 Å². The number of hydrogen-bond donors (Lipinski definition) is 2. The molecule has 1 rings (SSSR count). The van der Waals surface area contributed by atoms with Crippen molar-refractivity contribution < 1.29 is 27.5 Å². The average Bonchev–Trinajstić information content (AvgIpc) is 2.36. The first-order chi connectivity index (χ1) is 9.67. The first kappa shape index (κ1) is 17.7. The summed E-state index contributed by atoms with van der Waals surface area (Å²) in [6.45, 7) is 1.21. The first-order valence-corrected chi connectivity index (χ1v) is 6.67. The molecule has 0 unspecified atom stereocenters. The summed E-state index contributed by atoms with van der Waals surface area (Å²) in [6.07, 6.45) is -4.37. The summed E-state index contributed by atoms with van der Waals surface area (Å²) in [5, 5.41) is 2.65. The topological polar surface area (TPSA) is 84.7 Å². The lowest BCUT2D eigenvalue weighted by Gasteiger charge is -2.32. The smallest absolute Gasteiger partial charge is 0.369 e. The number of carbonyl (C=O) groups excluding carboxylic acids is 2. The number of hydrogen-bond acceptors (Lipinski definition) is 4. The predicted octanol–water partition coefficient (Wildman–Crippen LogP) is 0.0197. The lowest BCUT2D eigenvalue weighted by Crippen LogP contribution is -2.49. The van der Waals surface area contributed by atoms with Crippen LogP contribution in [-0.2, 0) is 14.3 Å². The summed E-state index contributed by atoms with van der Waals surface area (Å²) in [5.41, 5.74) is 5.09. The number of nitrogens with zero attached hydrogens (tertiary/aromatic N) is 1. The minimum Gasteiger partial charge on any atom is -0.369 e. The van der Waals surface area contributed by atoms with Gasteiger partial charge in [-0.25, -0.2) is 0 Å². The average molecular weight is 311 g/mol. The van der Waals surface area contributed by atoms with Gasteiger partial charge in [0.25, 0.3) is 0 Å². The molecular formula is C12H20F3N3O3. The maximum Gasteiger partial charge on any atom is 0.411 e. The molecule has 0 aromatic carbocycles. The third-order valence-corrected chi connectivity index (χ3v) is 3.18. The monoisotopic (exact) mass is 311 g/mol. The lowest BCUT2D eigenvalue weighted by molar-refractivity contribution is -0.185. The largest absolute Gasteiger partial charge is 0.411 e. The molecule has 6 nitrogen and oxygen atoms in total. The molecule has 21 heavy (non-hydrogen) atoms. The van der Waals surface area contributed by atoms with Gasteiger partial charge in [-0.05, 0) is 19.8 Å². The molecule has 1 fully saturated rings. The Balaban J connectivity index is 2.28. The normalized spacial score (nSPS) is 19.2. The number of rotatable bonds is 6. The highest BCUT2D eigenvalue weighted by Gasteiger charge is 2.30. The molecule has 3 N–H and O–H groups in total. The number of alkyl halides is 3. The summed E-state index contributed by atoms with van der Waals surface area (Å²) in [4.78, 5) is 24.3. The van der Waals surface area contributed by atoms with Crippen molar-refractivity contribution in [2.24, 2.45) is 5.73 Å². The van der Waals surface area contributed by atoms with Gasteiger partial charge < -0.3 is 15.8 Å². The number of carbonyl (C=O) groups is 2. The Bertz CT molecular complexity index is 368. The van der Waals surface area contributed by atoms with Crippen LogP contribution in [0.2, 0.25) is 0 Å². The highest BCUT2D eigenvalue weighted by molar-refractivity contribution is 5.80. The number of halogens is 3. The number of likely N-dealkylation sites (tertiary alicyclic amines) is 1. The van der Waals surface area contributed by atoms with Crippen molar-refractivity contribution in [3.63, 3.8) is 0 Å². The van der Waals surface area contributed by atoms with Crippen LogP contribution < -0.4 is 11.1 Å². The number of piperidine rings is 1. The van der Waals surface area contributed by atoms with E-state index in [1.54, 1.807) is 0 Å². The molecule has 122 valence electrons. The number of nitrogens with two attached hydrogens (primary N) is 1. The van der Waals surface area contributed by atoms with Crippen LogP contribution in [-0.4, -0.2) is 61.3 Å². The van der Waals surface area contributed by atoms with Crippen molar-refractivity contribution in [2.75, 3.05) is 26.2 Å². The van der Waals surface area contributed by atoms with Crippen LogP contribution in [0.25, 0.3) is 0 Å². The Kier molecular flexibility index (Phi) is 6.41. The minimum atomic E-state index is -4.45. The zero-order valence-electron chi connectivity index (χ0n) is 11.8. The summed E-state index contributed by atoms with van der Waals surface area (Å²) in [5.74, 6) is -0.973. The second-order valence-corrected chi connectivity index (χ2v) is 5.09. The molecular weight excluding hydrogens is 291 g/mol. The highest BCUT2D eigenvalue weighted by Crippen LogP contribution is 2.16. The van der Waals surface area contributed by atoms with E-state index in [-0.39, 0.29) is 12.6 Å². The Hall–Kier alpha value is -1.35. The Morgan fingerprint density at radius 3 is 2.43 bits per heavy atom. The van der Waals surface area contributed by atoms with E-state index in [9.17, 15) is 22.8 Å². The molecule has 1 saturated heterocycles. The van der Waals surface area contributed by atoms with E-state index in [4.69, 9.17) is 5.73 Å². The van der Waals surface area contributed by atoms with Gasteiger partial charge in [0.2, 0.25) is 11.8 Å². The molecule has 0 bridgehead atoms. The van der Waals surface area contributed by atoms with Crippen LogP contribution >= 0.6 is 0 Å². The third kappa shape index (κ3) is 7.28. The van der Waals surface area contributed by atoms with Gasteiger partial charge in [-0.2, -0.15) is 13.2 Å². The molecule has 0 saturated carbocycles. The molecule has 0 aliphatic carbocycles. The second-order valence-electron chi connectivity index (χ2n) is 5.09. The van der Waals surface area contributed by atoms with E-state index >= 15 is 0 Å². The lowest BCUT2D eigenvalue weighted by atomic mass is 10.0. The molecule has 1 heterocycles. The van der Waals surface area contributed by atoms with Crippen molar-refractivity contribution in [3.8, 4) is 0 Å². The summed E-state index contributed by atoms with van der Waals surface area (Å²) >= 11 is 0. The van der Waals surface area contributed by atoms with Gasteiger partial charge in [0.15, 0.2) is 0 Å². The molecule has 1 atom stereocenters. The van der Waals surface area contributed by atoms with Crippen molar-refractivity contribution in [1.82, 2.24) is 10.2 Å². The highest BCUT2D eigenvalue weighted by atomic mass is 19.4. The Morgan fingerprint density at radius 2 is 1.95 bits per heavy atom. The van der Waals surface area contributed by atoms with Gasteiger partial charge in [0.05, 0.1) is 6.54 Å². The van der Waals surface area contributed by atoms with Crippen LogP contribution in [0.1, 0.15) is 19.8 Å². The summed E-state index contributed by atoms with van der Waals surface area (Å²) < 4.78 is 40.4. The molecule has 2 amide bonds. The number of amides is 2. The molecule has 0 aromatic rings. The van der Waals surface area contributed by atoms with E-state index in [1.165, 1.54) is 6.92 Å². The summed E-state index contributed by atoms with van der Waals surface area (Å²) in [7, 11) is 0. The van der Waals surface area contributed by atoms with E-state index in [0.29, 0.717) is 25.9 Å². The van der Waals surface area contributed by atoms with Gasteiger partial charge in [0, 0.05) is 19.1 Å². The summed E-state index contributed by atoms with van der Waals surface area (Å²) in [6, 6.07) is -0.126. The fourth-order valence-electron chi connectivity index (χ4n) is 2.07. The van der Waals surface area contributed by atoms with E-state index in [0.717, 1.165) is 0 Å². The maximum atomic E-state index is 12.0. The van der Waals surface area contributed by atoms with Gasteiger partial charge >= 0.3 is 6.18 Å². The van der Waals surface area contributed by atoms with Crippen LogP contribution in [0.15, 0.2) is 0 Å². The fraction of sp³-hybridized carbons (Fsp3) is 0.833. The first-order valence-electron chi connectivity index (χ1n) is 6.67. The molecule has 0 spiro atoms. The zero-order chi connectivity index (χ0) is 16.0. The number of ether oxygens (including phenoxy) is 1. The van der Waals surface area contributed by atoms with E-state index < -0.39 is 30.7 Å². The van der Waals surface area contributed by atoms with Crippen LogP contribution in [0.3, 0.4) is 0 Å². The molecule has 1 aliphatic rings. The van der Waals surface area contributed by atoms with Crippen LogP contribution in [0.5, 0.6) is 0 Å². The quantitative estimate of drug-likeness (QED) is 0.724. The second kappa shape index (κ2) is 7.60. The fourth-order valence-corrected chi connectivity index (χ4v) is 2.07. The predicted molar refractivity (Wildman–Crippen MR) is 68.3 cm³/mol. The molecule has 9 heteroatoms. The van der Waals surface area contributed by atoms with Gasteiger partial charge in [-0.15, -0.1) is 0 Å². The van der Waals surface area contributed by atoms with Crippen molar-refractivity contribution in [1.29, 1.82) is 0 Å². The van der Waals surface area contributed by atoms with Crippen LogP contribution in [0.4, 0.5) is 13.2 Å².